The van der Waals surface area contributed by atoms with Gasteiger partial charge in [0.15, 0.2) is 5.69 Å². The minimum atomic E-state index is 0.545. The molecule has 1 aromatic heterocycles. The van der Waals surface area contributed by atoms with Crippen molar-refractivity contribution in [1.82, 2.24) is 4.57 Å². The highest BCUT2D eigenvalue weighted by molar-refractivity contribution is 6.22. The number of nitrogens with zero attached hydrogens (tertiary/aromatic N) is 4. The third-order valence-corrected chi connectivity index (χ3v) is 9.87. The van der Waals surface area contributed by atoms with Crippen LogP contribution in [0, 0.1) is 29.2 Å². The van der Waals surface area contributed by atoms with E-state index < -0.39 is 0 Å². The molecule has 0 N–H and O–H groups in total. The fourth-order valence-electron chi connectivity index (χ4n) is 7.68. The van der Waals surface area contributed by atoms with Gasteiger partial charge in [0.1, 0.15) is 0 Å². The molecular formula is C47H26N4. The first kappa shape index (κ1) is 29.7. The summed E-state index contributed by atoms with van der Waals surface area (Å²) in [6, 6.07) is 58.1. The van der Waals surface area contributed by atoms with Gasteiger partial charge in [0.25, 0.3) is 0 Å². The van der Waals surface area contributed by atoms with Crippen LogP contribution in [-0.4, -0.2) is 4.57 Å². The maximum absolute atomic E-state index is 10.8. The van der Waals surface area contributed by atoms with Gasteiger partial charge in [0.2, 0.25) is 0 Å². The largest absolute Gasteiger partial charge is 0.309 e. The number of nitriles is 2. The monoisotopic (exact) mass is 646 g/mol. The molecule has 0 bridgehead atoms. The van der Waals surface area contributed by atoms with Crippen LogP contribution in [0.4, 0.5) is 5.69 Å². The molecule has 0 fully saturated rings. The zero-order valence-electron chi connectivity index (χ0n) is 27.3. The number of benzene rings is 8. The molecule has 51 heavy (non-hydrogen) atoms. The van der Waals surface area contributed by atoms with Crippen LogP contribution in [0.1, 0.15) is 11.1 Å². The summed E-state index contributed by atoms with van der Waals surface area (Å²) in [4.78, 5) is 3.67. The van der Waals surface area contributed by atoms with Crippen molar-refractivity contribution in [3.05, 3.63) is 180 Å². The molecule has 234 valence electrons. The molecule has 0 spiro atoms. The number of rotatable bonds is 4. The molecule has 4 heteroatoms. The molecule has 9 rings (SSSR count). The van der Waals surface area contributed by atoms with Crippen molar-refractivity contribution in [1.29, 1.82) is 10.5 Å². The van der Waals surface area contributed by atoms with Gasteiger partial charge in [-0.25, -0.2) is 4.85 Å². The summed E-state index contributed by atoms with van der Waals surface area (Å²) in [5, 5.41) is 26.8. The van der Waals surface area contributed by atoms with Gasteiger partial charge in [0.05, 0.1) is 46.6 Å². The summed E-state index contributed by atoms with van der Waals surface area (Å²) in [6.07, 6.45) is 0. The summed E-state index contributed by atoms with van der Waals surface area (Å²) in [6.45, 7) is 7.62. The normalized spacial score (nSPS) is 11.1. The summed E-state index contributed by atoms with van der Waals surface area (Å²) in [5.41, 5.74) is 10.7. The van der Waals surface area contributed by atoms with E-state index in [0.29, 0.717) is 16.8 Å². The highest BCUT2D eigenvalue weighted by Crippen LogP contribution is 2.45. The summed E-state index contributed by atoms with van der Waals surface area (Å²) in [5.74, 6) is 0. The van der Waals surface area contributed by atoms with Gasteiger partial charge in [-0.1, -0.05) is 115 Å². The van der Waals surface area contributed by atoms with Crippen LogP contribution in [0.15, 0.2) is 158 Å². The lowest BCUT2D eigenvalue weighted by Crippen LogP contribution is -1.98. The van der Waals surface area contributed by atoms with Gasteiger partial charge in [-0.2, -0.15) is 10.5 Å². The van der Waals surface area contributed by atoms with Crippen molar-refractivity contribution in [3.63, 3.8) is 0 Å². The topological polar surface area (TPSA) is 56.9 Å². The number of aromatic nitrogens is 1. The Kier molecular flexibility index (Phi) is 6.93. The van der Waals surface area contributed by atoms with Crippen LogP contribution in [0.3, 0.4) is 0 Å². The fraction of sp³-hybridized carbons (Fsp3) is 0. The van der Waals surface area contributed by atoms with Crippen LogP contribution in [0.2, 0.25) is 0 Å². The number of hydrogen-bond acceptors (Lipinski definition) is 2. The van der Waals surface area contributed by atoms with Crippen molar-refractivity contribution in [2.75, 3.05) is 0 Å². The van der Waals surface area contributed by atoms with Crippen LogP contribution in [0.5, 0.6) is 0 Å². The van der Waals surface area contributed by atoms with Crippen LogP contribution < -0.4 is 0 Å². The van der Waals surface area contributed by atoms with E-state index in [1.165, 1.54) is 5.56 Å². The summed E-state index contributed by atoms with van der Waals surface area (Å²) in [7, 11) is 0. The van der Waals surface area contributed by atoms with Crippen LogP contribution in [-0.2, 0) is 0 Å². The average molecular weight is 647 g/mol. The van der Waals surface area contributed by atoms with Gasteiger partial charge in [-0.15, -0.1) is 0 Å². The molecule has 0 aliphatic carbocycles. The minimum absolute atomic E-state index is 0.545. The number of hydrogen-bond donors (Lipinski definition) is 0. The Balaban J connectivity index is 1.28. The van der Waals surface area contributed by atoms with Gasteiger partial charge < -0.3 is 4.57 Å². The van der Waals surface area contributed by atoms with E-state index in [4.69, 9.17) is 6.57 Å². The van der Waals surface area contributed by atoms with E-state index in [1.807, 2.05) is 60.7 Å². The maximum atomic E-state index is 10.8. The van der Waals surface area contributed by atoms with Gasteiger partial charge in [0, 0.05) is 16.5 Å². The van der Waals surface area contributed by atoms with Crippen LogP contribution in [0.25, 0.3) is 87.3 Å². The standard InChI is InChI=1S/C47H26N4/c1-50-34-21-24-45-42(27-34)41-25-30(28-48)19-23-44(41)51(45)43-18-10-9-13-35(43)32-20-22-36(33(26-32)29-49)47-39-16-7-5-14-37(39)46(31-11-3-2-4-12-31)38-15-6-8-17-40(38)47/h2-27H. The highest BCUT2D eigenvalue weighted by Gasteiger charge is 2.21. The summed E-state index contributed by atoms with van der Waals surface area (Å²) < 4.78 is 2.19. The first-order chi connectivity index (χ1) is 25.2. The predicted octanol–water partition coefficient (Wildman–Crippen LogP) is 12.4. The third kappa shape index (κ3) is 4.66. The molecule has 9 aromatic rings. The zero-order valence-corrected chi connectivity index (χ0v) is 27.3. The molecule has 0 amide bonds. The van der Waals surface area contributed by atoms with E-state index in [0.717, 1.165) is 76.9 Å². The van der Waals surface area contributed by atoms with Crippen molar-refractivity contribution < 1.29 is 0 Å². The summed E-state index contributed by atoms with van der Waals surface area (Å²) >= 11 is 0. The fourth-order valence-corrected chi connectivity index (χ4v) is 7.68. The lowest BCUT2D eigenvalue weighted by Gasteiger charge is -2.19. The van der Waals surface area contributed by atoms with Crippen molar-refractivity contribution in [3.8, 4) is 51.2 Å². The number of fused-ring (bicyclic) bond motifs is 5. The average Bonchev–Trinajstić information content (AvgIpc) is 3.52. The van der Waals surface area contributed by atoms with E-state index in [1.54, 1.807) is 0 Å². The second kappa shape index (κ2) is 11.9. The Labute approximate surface area is 294 Å². The minimum Gasteiger partial charge on any atom is -0.309 e. The number of para-hydroxylation sites is 1. The van der Waals surface area contributed by atoms with E-state index in [-0.39, 0.29) is 0 Å². The molecule has 0 saturated carbocycles. The van der Waals surface area contributed by atoms with E-state index in [9.17, 15) is 10.5 Å². The lowest BCUT2D eigenvalue weighted by atomic mass is 9.84. The SMILES string of the molecule is [C-]#[N+]c1ccc2c(c1)c1cc(C#N)ccc1n2-c1ccccc1-c1ccc(-c2c3ccccc3c(-c3ccccc3)c3ccccc23)c(C#N)c1. The molecular weight excluding hydrogens is 621 g/mol. The van der Waals surface area contributed by atoms with Gasteiger partial charge in [-0.3, -0.25) is 0 Å². The Bertz CT molecular complexity index is 2870. The van der Waals surface area contributed by atoms with Gasteiger partial charge in [-0.05, 0) is 91.6 Å². The van der Waals surface area contributed by atoms with E-state index >= 15 is 0 Å². The second-order valence-corrected chi connectivity index (χ2v) is 12.6. The molecule has 0 saturated heterocycles. The Morgan fingerprint density at radius 3 is 1.75 bits per heavy atom. The zero-order chi connectivity index (χ0) is 34.5. The Morgan fingerprint density at radius 2 is 1.08 bits per heavy atom. The highest BCUT2D eigenvalue weighted by atomic mass is 15.0. The molecule has 4 nitrogen and oxygen atoms in total. The Morgan fingerprint density at radius 1 is 0.471 bits per heavy atom. The molecule has 0 atom stereocenters. The Hall–Kier alpha value is -7.45. The lowest BCUT2D eigenvalue weighted by molar-refractivity contribution is 1.18. The molecule has 0 radical (unpaired) electrons. The molecule has 0 unspecified atom stereocenters. The molecule has 0 aliphatic rings. The van der Waals surface area contributed by atoms with Gasteiger partial charge >= 0.3 is 0 Å². The molecule has 0 aliphatic heterocycles. The van der Waals surface area contributed by atoms with Crippen LogP contribution >= 0.6 is 0 Å². The first-order valence-electron chi connectivity index (χ1n) is 16.7. The predicted molar refractivity (Wildman–Crippen MR) is 208 cm³/mol. The van der Waals surface area contributed by atoms with E-state index in [2.05, 4.69) is 119 Å². The third-order valence-electron chi connectivity index (χ3n) is 9.87. The van der Waals surface area contributed by atoms with Crippen molar-refractivity contribution >= 4 is 49.0 Å². The quantitative estimate of drug-likeness (QED) is 0.141. The molecule has 1 heterocycles. The first-order valence-corrected chi connectivity index (χ1v) is 16.7. The van der Waals surface area contributed by atoms with Crippen molar-refractivity contribution in [2.45, 2.75) is 0 Å². The maximum Gasteiger partial charge on any atom is 0.188 e. The smallest absolute Gasteiger partial charge is 0.188 e. The second-order valence-electron chi connectivity index (χ2n) is 12.6. The van der Waals surface area contributed by atoms with Crippen molar-refractivity contribution in [2.24, 2.45) is 0 Å². The molecule has 8 aromatic carbocycles.